The molecule has 39 heavy (non-hydrogen) atoms. The van der Waals surface area contributed by atoms with Gasteiger partial charge in [-0.15, -0.1) is 4.76 Å². The first-order valence-corrected chi connectivity index (χ1v) is 14.9. The van der Waals surface area contributed by atoms with Gasteiger partial charge in [0.2, 0.25) is 5.96 Å². The van der Waals surface area contributed by atoms with E-state index < -0.39 is 26.0 Å². The van der Waals surface area contributed by atoms with Crippen molar-refractivity contribution in [1.29, 1.82) is 0 Å². The number of likely N-dealkylation sites (N-methyl/N-ethyl adjacent to an activating group) is 1. The average molecular weight is 584 g/mol. The number of carbonyl (C=O) groups excluding carboxylic acids is 3. The second kappa shape index (κ2) is 23.3. The Hall–Kier alpha value is -2.57. The van der Waals surface area contributed by atoms with Crippen LogP contribution in [0.15, 0.2) is 4.76 Å². The van der Waals surface area contributed by atoms with Gasteiger partial charge in [-0.25, -0.2) is 14.2 Å². The van der Waals surface area contributed by atoms with Crippen LogP contribution in [0.1, 0.15) is 72.1 Å². The summed E-state index contributed by atoms with van der Waals surface area (Å²) in [5, 5.41) is 0. The summed E-state index contributed by atoms with van der Waals surface area (Å²) >= 11 is 0. The van der Waals surface area contributed by atoms with E-state index in [-0.39, 0.29) is 52.1 Å². The summed E-state index contributed by atoms with van der Waals surface area (Å²) in [5.41, 5.74) is 5.95. The Kier molecular flexibility index (Phi) is 21.8. The first-order valence-electron chi connectivity index (χ1n) is 13.4. The molecule has 0 saturated heterocycles. The van der Waals surface area contributed by atoms with Gasteiger partial charge in [-0.2, -0.15) is 0 Å². The summed E-state index contributed by atoms with van der Waals surface area (Å²) in [6, 6.07) is 0. The van der Waals surface area contributed by atoms with Gasteiger partial charge in [0.15, 0.2) is 0 Å². The summed E-state index contributed by atoms with van der Waals surface area (Å²) in [6.07, 6.45) is 3.14. The van der Waals surface area contributed by atoms with Crippen LogP contribution in [-0.2, 0) is 42.1 Å². The van der Waals surface area contributed by atoms with Crippen molar-refractivity contribution in [1.82, 2.24) is 4.90 Å². The van der Waals surface area contributed by atoms with Gasteiger partial charge in [-0.05, 0) is 44.9 Å². The van der Waals surface area contributed by atoms with Crippen LogP contribution in [0.3, 0.4) is 0 Å². The van der Waals surface area contributed by atoms with Crippen LogP contribution in [0.25, 0.3) is 0 Å². The first-order chi connectivity index (χ1) is 18.7. The first kappa shape index (κ1) is 36.4. The highest BCUT2D eigenvalue weighted by Crippen LogP contribution is 2.50. The lowest BCUT2D eigenvalue weighted by Gasteiger charge is -2.20. The SMILES string of the molecule is CCCCOC(=O)CN(C)/C(N)=N/P(=O)(OCCCCOC(=O)OCCC)OCCCCOC(=O)OCCC. The Labute approximate surface area is 231 Å². The number of hydrogen-bond acceptors (Lipinski definition) is 11. The highest BCUT2D eigenvalue weighted by atomic mass is 31.2. The van der Waals surface area contributed by atoms with Crippen LogP contribution in [0, 0.1) is 0 Å². The van der Waals surface area contributed by atoms with Gasteiger partial charge in [0.25, 0.3) is 0 Å². The van der Waals surface area contributed by atoms with Crippen LogP contribution in [0.4, 0.5) is 9.59 Å². The maximum atomic E-state index is 13.3. The molecule has 0 aromatic rings. The molecular weight excluding hydrogens is 537 g/mol. The van der Waals surface area contributed by atoms with E-state index in [9.17, 15) is 18.9 Å². The van der Waals surface area contributed by atoms with Crippen molar-refractivity contribution in [3.8, 4) is 0 Å². The summed E-state index contributed by atoms with van der Waals surface area (Å²) in [7, 11) is -2.57. The van der Waals surface area contributed by atoms with E-state index >= 15 is 0 Å². The second-order valence-corrected chi connectivity index (χ2v) is 9.98. The Morgan fingerprint density at radius 3 is 1.56 bits per heavy atom. The third-order valence-corrected chi connectivity index (χ3v) is 6.08. The molecule has 0 rings (SSSR count). The maximum Gasteiger partial charge on any atom is 0.508 e. The minimum absolute atomic E-state index is 0.0173. The number of carbonyl (C=O) groups is 3. The Bertz CT molecular complexity index is 732. The third kappa shape index (κ3) is 21.0. The molecule has 0 unspecified atom stereocenters. The van der Waals surface area contributed by atoms with Crippen LogP contribution in [-0.4, -0.2) is 89.0 Å². The largest absolute Gasteiger partial charge is 0.508 e. The van der Waals surface area contributed by atoms with Gasteiger partial charge in [0, 0.05) is 7.05 Å². The molecule has 14 nitrogen and oxygen atoms in total. The van der Waals surface area contributed by atoms with Crippen molar-refractivity contribution in [2.75, 3.05) is 59.8 Å². The maximum absolute atomic E-state index is 13.3. The van der Waals surface area contributed by atoms with Crippen LogP contribution in [0.2, 0.25) is 0 Å². The van der Waals surface area contributed by atoms with Crippen LogP contribution in [0.5, 0.6) is 0 Å². The zero-order valence-corrected chi connectivity index (χ0v) is 24.6. The number of unbranched alkanes of at least 4 members (excludes halogenated alkanes) is 3. The molecular formula is C24H46N3O11P. The number of hydrogen-bond donors (Lipinski definition) is 1. The number of nitrogens with two attached hydrogens (primary N) is 1. The minimum Gasteiger partial charge on any atom is -0.464 e. The number of guanidine groups is 1. The fourth-order valence-corrected chi connectivity index (χ4v) is 3.79. The standard InChI is InChI=1S/C24H46N3O11P/c1-5-8-15-32-21(28)20-27(4)22(25)26-39(31,37-18-11-9-16-35-23(29)33-13-6-2)38-19-12-10-17-36-24(30)34-14-7-3/h5-20H2,1-4H3,(H2,25,26,31). The molecule has 0 spiro atoms. The fraction of sp³-hybridized carbons (Fsp3) is 0.833. The van der Waals surface area contributed by atoms with Gasteiger partial charge < -0.3 is 34.3 Å². The number of rotatable bonds is 22. The fourth-order valence-electron chi connectivity index (χ4n) is 2.48. The Morgan fingerprint density at radius 2 is 1.10 bits per heavy atom. The number of ether oxygens (including phenoxy) is 5. The van der Waals surface area contributed by atoms with Gasteiger partial charge in [-0.3, -0.25) is 13.8 Å². The van der Waals surface area contributed by atoms with Crippen LogP contribution < -0.4 is 5.73 Å². The quantitative estimate of drug-likeness (QED) is 0.0474. The van der Waals surface area contributed by atoms with E-state index in [0.29, 0.717) is 45.1 Å². The molecule has 0 radical (unpaired) electrons. The van der Waals surface area contributed by atoms with Crippen molar-refractivity contribution in [2.24, 2.45) is 10.5 Å². The lowest BCUT2D eigenvalue weighted by Crippen LogP contribution is -2.38. The molecule has 2 N–H and O–H groups in total. The average Bonchev–Trinajstić information content (AvgIpc) is 2.90. The summed E-state index contributed by atoms with van der Waals surface area (Å²) in [4.78, 5) is 36.0. The molecule has 0 aromatic carbocycles. The molecule has 0 aliphatic heterocycles. The lowest BCUT2D eigenvalue weighted by atomic mass is 10.3. The minimum atomic E-state index is -4.06. The zero-order chi connectivity index (χ0) is 29.4. The molecule has 0 atom stereocenters. The number of esters is 1. The molecule has 15 heteroatoms. The molecule has 0 amide bonds. The summed E-state index contributed by atoms with van der Waals surface area (Å²) in [5.74, 6) is -0.731. The van der Waals surface area contributed by atoms with Gasteiger partial charge in [-0.1, -0.05) is 27.2 Å². The van der Waals surface area contributed by atoms with E-state index in [1.807, 2.05) is 20.8 Å². The van der Waals surface area contributed by atoms with E-state index in [2.05, 4.69) is 4.76 Å². The third-order valence-electron chi connectivity index (χ3n) is 4.62. The van der Waals surface area contributed by atoms with Crippen LogP contribution >= 0.6 is 7.75 Å². The van der Waals surface area contributed by atoms with E-state index in [4.69, 9.17) is 38.5 Å². The van der Waals surface area contributed by atoms with Gasteiger partial charge in [0.1, 0.15) is 6.54 Å². The Balaban J connectivity index is 4.82. The smallest absolute Gasteiger partial charge is 0.464 e. The highest BCUT2D eigenvalue weighted by molar-refractivity contribution is 7.52. The lowest BCUT2D eigenvalue weighted by molar-refractivity contribution is -0.143. The molecule has 0 aliphatic rings. The van der Waals surface area contributed by atoms with Crippen molar-refractivity contribution >= 4 is 32.0 Å². The van der Waals surface area contributed by atoms with Crippen molar-refractivity contribution in [3.63, 3.8) is 0 Å². The molecule has 0 aromatic heterocycles. The molecule has 0 aliphatic carbocycles. The zero-order valence-electron chi connectivity index (χ0n) is 23.7. The van der Waals surface area contributed by atoms with Crippen molar-refractivity contribution < 1.29 is 51.7 Å². The topological polar surface area (TPSA) is 175 Å². The van der Waals surface area contributed by atoms with E-state index in [1.54, 1.807) is 0 Å². The van der Waals surface area contributed by atoms with E-state index in [0.717, 1.165) is 12.8 Å². The van der Waals surface area contributed by atoms with Crippen molar-refractivity contribution in [3.05, 3.63) is 0 Å². The monoisotopic (exact) mass is 583 g/mol. The summed E-state index contributed by atoms with van der Waals surface area (Å²) in [6.45, 7) is 6.55. The van der Waals surface area contributed by atoms with Crippen molar-refractivity contribution in [2.45, 2.75) is 72.1 Å². The van der Waals surface area contributed by atoms with Gasteiger partial charge in [0.05, 0.1) is 46.2 Å². The second-order valence-electron chi connectivity index (χ2n) is 8.33. The number of nitrogens with zero attached hydrogens (tertiary/aromatic N) is 2. The predicted molar refractivity (Wildman–Crippen MR) is 143 cm³/mol. The molecule has 0 heterocycles. The van der Waals surface area contributed by atoms with Gasteiger partial charge >= 0.3 is 26.0 Å². The molecule has 0 fully saturated rings. The molecule has 0 saturated carbocycles. The van der Waals surface area contributed by atoms with E-state index in [1.165, 1.54) is 11.9 Å². The molecule has 0 bridgehead atoms. The summed E-state index contributed by atoms with van der Waals surface area (Å²) < 4.78 is 52.7. The predicted octanol–water partition coefficient (Wildman–Crippen LogP) is 4.40. The normalized spacial score (nSPS) is 11.5. The highest BCUT2D eigenvalue weighted by Gasteiger charge is 2.26. The molecule has 228 valence electrons. The Morgan fingerprint density at radius 1 is 0.667 bits per heavy atom.